The van der Waals surface area contributed by atoms with Gasteiger partial charge in [-0.15, -0.1) is 11.3 Å². The summed E-state index contributed by atoms with van der Waals surface area (Å²) in [5, 5.41) is 8.40. The number of esters is 1. The second kappa shape index (κ2) is 9.24. The van der Waals surface area contributed by atoms with Gasteiger partial charge in [-0.1, -0.05) is 11.2 Å². The molecule has 1 amide bonds. The largest absolute Gasteiger partial charge is 0.493 e. The van der Waals surface area contributed by atoms with Gasteiger partial charge in [0.05, 0.1) is 37.6 Å². The summed E-state index contributed by atoms with van der Waals surface area (Å²) in [6.45, 7) is 1.68. The first-order valence-corrected chi connectivity index (χ1v) is 9.55. The summed E-state index contributed by atoms with van der Waals surface area (Å²) in [6, 6.07) is 8.41. The smallest absolute Gasteiger partial charge is 0.340 e. The molecule has 1 aromatic carbocycles. The second-order valence-corrected chi connectivity index (χ2v) is 7.10. The minimum absolute atomic E-state index is 0.0867. The van der Waals surface area contributed by atoms with Crippen molar-refractivity contribution in [3.8, 4) is 11.5 Å². The van der Waals surface area contributed by atoms with Crippen molar-refractivity contribution in [1.29, 1.82) is 0 Å². The number of benzene rings is 1. The van der Waals surface area contributed by atoms with Crippen LogP contribution in [0.4, 0.5) is 5.69 Å². The topological polar surface area (TPSA) is 99.9 Å². The molecule has 8 nitrogen and oxygen atoms in total. The van der Waals surface area contributed by atoms with E-state index in [1.54, 1.807) is 13.0 Å². The molecule has 152 valence electrons. The molecule has 0 saturated carbocycles. The van der Waals surface area contributed by atoms with Crippen LogP contribution in [0, 0.1) is 6.92 Å². The van der Waals surface area contributed by atoms with Gasteiger partial charge < -0.3 is 24.1 Å². The molecule has 0 aliphatic carbocycles. The van der Waals surface area contributed by atoms with Crippen LogP contribution in [0.2, 0.25) is 0 Å². The molecular formula is C20H20N2O6S. The summed E-state index contributed by atoms with van der Waals surface area (Å²) in [7, 11) is 2.93. The van der Waals surface area contributed by atoms with Gasteiger partial charge in [0.2, 0.25) is 5.91 Å². The maximum absolute atomic E-state index is 12.7. The Kier molecular flexibility index (Phi) is 6.50. The first-order valence-electron chi connectivity index (χ1n) is 8.67. The number of rotatable bonds is 8. The van der Waals surface area contributed by atoms with Crippen LogP contribution < -0.4 is 14.8 Å². The predicted octanol–water partition coefficient (Wildman–Crippen LogP) is 3.60. The monoisotopic (exact) mass is 416 g/mol. The van der Waals surface area contributed by atoms with E-state index >= 15 is 0 Å². The summed E-state index contributed by atoms with van der Waals surface area (Å²) >= 11 is 1.48. The maximum Gasteiger partial charge on any atom is 0.340 e. The molecule has 0 unspecified atom stereocenters. The summed E-state index contributed by atoms with van der Waals surface area (Å²) in [5.41, 5.74) is 1.09. The van der Waals surface area contributed by atoms with Crippen LogP contribution in [0.25, 0.3) is 0 Å². The SMILES string of the molecule is COc1cc(NC(=O)Cc2cccs2)c(C(=O)OCc2cc(C)no2)cc1OC. The Bertz CT molecular complexity index is 997. The molecule has 2 aromatic heterocycles. The number of hydrogen-bond donors (Lipinski definition) is 1. The zero-order chi connectivity index (χ0) is 20.8. The Hall–Kier alpha value is -3.33. The third kappa shape index (κ3) is 5.14. The predicted molar refractivity (Wildman–Crippen MR) is 107 cm³/mol. The highest BCUT2D eigenvalue weighted by Gasteiger charge is 2.20. The van der Waals surface area contributed by atoms with Gasteiger partial charge in [0, 0.05) is 23.1 Å². The van der Waals surface area contributed by atoms with Crippen LogP contribution in [-0.4, -0.2) is 31.3 Å². The number of hydrogen-bond acceptors (Lipinski definition) is 8. The normalized spacial score (nSPS) is 10.4. The molecule has 0 spiro atoms. The highest BCUT2D eigenvalue weighted by molar-refractivity contribution is 7.10. The van der Waals surface area contributed by atoms with E-state index in [9.17, 15) is 9.59 Å². The van der Waals surface area contributed by atoms with E-state index in [1.807, 2.05) is 17.5 Å². The summed E-state index contributed by atoms with van der Waals surface area (Å²) < 4.78 is 20.9. The average Bonchev–Trinajstić information content (AvgIpc) is 3.37. The lowest BCUT2D eigenvalue weighted by atomic mass is 10.1. The van der Waals surface area contributed by atoms with E-state index in [2.05, 4.69) is 10.5 Å². The van der Waals surface area contributed by atoms with Crippen LogP contribution in [0.1, 0.15) is 26.7 Å². The zero-order valence-electron chi connectivity index (χ0n) is 16.2. The molecule has 1 N–H and O–H groups in total. The zero-order valence-corrected chi connectivity index (χ0v) is 17.0. The van der Waals surface area contributed by atoms with Crippen molar-refractivity contribution >= 4 is 28.9 Å². The van der Waals surface area contributed by atoms with Crippen molar-refractivity contribution in [3.63, 3.8) is 0 Å². The fourth-order valence-corrected chi connectivity index (χ4v) is 3.32. The number of carbonyl (C=O) groups is 2. The highest BCUT2D eigenvalue weighted by atomic mass is 32.1. The standard InChI is InChI=1S/C20H20N2O6S/c1-12-7-13(28-22-12)11-27-20(24)15-9-17(25-2)18(26-3)10-16(15)21-19(23)8-14-5-4-6-29-14/h4-7,9-10H,8,11H2,1-3H3,(H,21,23). The van der Waals surface area contributed by atoms with Gasteiger partial charge in [0.1, 0.15) is 0 Å². The Morgan fingerprint density at radius 2 is 1.93 bits per heavy atom. The van der Waals surface area contributed by atoms with Crippen molar-refractivity contribution in [3.05, 3.63) is 57.6 Å². The van der Waals surface area contributed by atoms with E-state index < -0.39 is 5.97 Å². The number of thiophene rings is 1. The molecule has 29 heavy (non-hydrogen) atoms. The van der Waals surface area contributed by atoms with Crippen LogP contribution in [0.3, 0.4) is 0 Å². The lowest BCUT2D eigenvalue weighted by molar-refractivity contribution is -0.115. The first kappa shape index (κ1) is 20.4. The van der Waals surface area contributed by atoms with E-state index in [0.717, 1.165) is 4.88 Å². The van der Waals surface area contributed by atoms with Gasteiger partial charge in [-0.05, 0) is 18.4 Å². The van der Waals surface area contributed by atoms with Gasteiger partial charge >= 0.3 is 5.97 Å². The fraction of sp³-hybridized carbons (Fsp3) is 0.250. The Morgan fingerprint density at radius 3 is 2.55 bits per heavy atom. The number of aromatic nitrogens is 1. The van der Waals surface area contributed by atoms with E-state index in [0.29, 0.717) is 23.0 Å². The van der Waals surface area contributed by atoms with Gasteiger partial charge in [0.25, 0.3) is 0 Å². The van der Waals surface area contributed by atoms with Gasteiger partial charge in [0.15, 0.2) is 23.9 Å². The van der Waals surface area contributed by atoms with Crippen LogP contribution in [0.15, 0.2) is 40.2 Å². The summed E-state index contributed by atoms with van der Waals surface area (Å²) in [6.07, 6.45) is 0.192. The van der Waals surface area contributed by atoms with Crippen LogP contribution in [0.5, 0.6) is 11.5 Å². The maximum atomic E-state index is 12.7. The molecule has 0 saturated heterocycles. The van der Waals surface area contributed by atoms with Gasteiger partial charge in [-0.25, -0.2) is 4.79 Å². The van der Waals surface area contributed by atoms with Crippen molar-refractivity contribution in [1.82, 2.24) is 5.16 Å². The number of anilines is 1. The van der Waals surface area contributed by atoms with Gasteiger partial charge in [-0.3, -0.25) is 4.79 Å². The van der Waals surface area contributed by atoms with E-state index in [1.165, 1.54) is 37.7 Å². The second-order valence-electron chi connectivity index (χ2n) is 6.07. The number of aryl methyl sites for hydroxylation is 1. The molecule has 3 aromatic rings. The molecule has 0 aliphatic rings. The highest BCUT2D eigenvalue weighted by Crippen LogP contribution is 2.34. The van der Waals surface area contributed by atoms with Crippen molar-refractivity contribution in [2.45, 2.75) is 20.0 Å². The minimum atomic E-state index is -0.647. The first-order chi connectivity index (χ1) is 14.0. The number of methoxy groups -OCH3 is 2. The molecule has 0 atom stereocenters. The lowest BCUT2D eigenvalue weighted by Crippen LogP contribution is -2.17. The molecular weight excluding hydrogens is 396 g/mol. The molecule has 2 heterocycles. The Labute approximate surface area is 171 Å². The quantitative estimate of drug-likeness (QED) is 0.560. The fourth-order valence-electron chi connectivity index (χ4n) is 2.62. The number of carbonyl (C=O) groups excluding carboxylic acids is 2. The van der Waals surface area contributed by atoms with Crippen molar-refractivity contribution < 1.29 is 28.3 Å². The number of ether oxygens (including phenoxy) is 3. The third-order valence-corrected chi connectivity index (χ3v) is 4.83. The van der Waals surface area contributed by atoms with E-state index in [-0.39, 0.29) is 30.2 Å². The third-order valence-electron chi connectivity index (χ3n) is 3.95. The van der Waals surface area contributed by atoms with Crippen LogP contribution >= 0.6 is 11.3 Å². The number of nitrogens with one attached hydrogen (secondary N) is 1. The lowest BCUT2D eigenvalue weighted by Gasteiger charge is -2.15. The minimum Gasteiger partial charge on any atom is -0.493 e. The number of amides is 1. The molecule has 0 radical (unpaired) electrons. The van der Waals surface area contributed by atoms with Crippen molar-refractivity contribution in [2.24, 2.45) is 0 Å². The van der Waals surface area contributed by atoms with E-state index in [4.69, 9.17) is 18.7 Å². The number of nitrogens with zero attached hydrogens (tertiary/aromatic N) is 1. The molecule has 0 fully saturated rings. The molecule has 3 rings (SSSR count). The summed E-state index contributed by atoms with van der Waals surface area (Å²) in [5.74, 6) is 0.221. The van der Waals surface area contributed by atoms with Crippen molar-refractivity contribution in [2.75, 3.05) is 19.5 Å². The average molecular weight is 416 g/mol. The Morgan fingerprint density at radius 1 is 1.17 bits per heavy atom. The molecule has 0 bridgehead atoms. The summed E-state index contributed by atoms with van der Waals surface area (Å²) in [4.78, 5) is 26.0. The molecule has 9 heteroatoms. The molecule has 0 aliphatic heterocycles. The van der Waals surface area contributed by atoms with Crippen LogP contribution in [-0.2, 0) is 22.6 Å². The van der Waals surface area contributed by atoms with Gasteiger partial charge in [-0.2, -0.15) is 0 Å². The Balaban J connectivity index is 1.82.